The number of anilines is 1. The van der Waals surface area contributed by atoms with Crippen molar-refractivity contribution < 1.29 is 14.0 Å². The Morgan fingerprint density at radius 1 is 1.05 bits per heavy atom. The molecule has 0 saturated carbocycles. The fraction of sp³-hybridized carbons (Fsp3) is 0.0667. The van der Waals surface area contributed by atoms with E-state index in [0.29, 0.717) is 16.3 Å². The van der Waals surface area contributed by atoms with Crippen LogP contribution in [0.2, 0.25) is 5.02 Å². The van der Waals surface area contributed by atoms with Crippen LogP contribution >= 0.6 is 11.6 Å². The zero-order valence-electron chi connectivity index (χ0n) is 10.3. The summed E-state index contributed by atoms with van der Waals surface area (Å²) in [5.74, 6) is -1.48. The first-order valence-electron chi connectivity index (χ1n) is 5.96. The topological polar surface area (TPSA) is 37.4 Å². The second-order valence-corrected chi connectivity index (χ2v) is 4.94. The Bertz CT molecular complexity index is 712. The lowest BCUT2D eigenvalue weighted by atomic mass is 10.1. The average molecular weight is 290 g/mol. The summed E-state index contributed by atoms with van der Waals surface area (Å²) in [6, 6.07) is 10.5. The van der Waals surface area contributed by atoms with Crippen LogP contribution in [0.1, 0.15) is 15.9 Å². The normalized spacial score (nSPS) is 13.8. The number of Topliss-reactive ketones (excluding diaryl/α,β-unsaturated/α-hetero) is 1. The summed E-state index contributed by atoms with van der Waals surface area (Å²) in [5.41, 5.74) is 1.58. The zero-order valence-corrected chi connectivity index (χ0v) is 11.0. The maximum Gasteiger partial charge on any atom is 0.299 e. The molecular formula is C15H9ClFNO2. The number of rotatable bonds is 2. The minimum absolute atomic E-state index is 0.207. The number of ketones is 1. The Morgan fingerprint density at radius 3 is 2.45 bits per heavy atom. The third-order valence-corrected chi connectivity index (χ3v) is 3.42. The number of hydrogen-bond acceptors (Lipinski definition) is 2. The molecule has 1 aliphatic rings. The minimum atomic E-state index is -0.591. The molecule has 0 radical (unpaired) electrons. The molecule has 1 aliphatic heterocycles. The molecule has 0 bridgehead atoms. The quantitative estimate of drug-likeness (QED) is 0.796. The van der Waals surface area contributed by atoms with Crippen molar-refractivity contribution in [3.05, 3.63) is 64.4 Å². The lowest BCUT2D eigenvalue weighted by Gasteiger charge is -2.16. The molecule has 0 unspecified atom stereocenters. The highest BCUT2D eigenvalue weighted by Gasteiger charge is 2.35. The van der Waals surface area contributed by atoms with Crippen molar-refractivity contribution in [3.63, 3.8) is 0 Å². The van der Waals surface area contributed by atoms with Gasteiger partial charge < -0.3 is 4.90 Å². The summed E-state index contributed by atoms with van der Waals surface area (Å²) in [5, 5.41) is 0.454. The Balaban J connectivity index is 1.98. The van der Waals surface area contributed by atoms with Crippen molar-refractivity contribution in [1.29, 1.82) is 0 Å². The first-order chi connectivity index (χ1) is 9.56. The molecule has 3 rings (SSSR count). The molecular weight excluding hydrogens is 281 g/mol. The molecule has 0 N–H and O–H groups in total. The van der Waals surface area contributed by atoms with Gasteiger partial charge in [-0.25, -0.2) is 4.39 Å². The van der Waals surface area contributed by atoms with E-state index in [4.69, 9.17) is 11.6 Å². The number of amides is 1. The number of carbonyl (C=O) groups excluding carboxylic acids is 2. The van der Waals surface area contributed by atoms with E-state index in [0.717, 1.165) is 5.56 Å². The van der Waals surface area contributed by atoms with Crippen LogP contribution in [0, 0.1) is 5.82 Å². The molecule has 0 aromatic heterocycles. The van der Waals surface area contributed by atoms with Crippen LogP contribution in [0.15, 0.2) is 42.5 Å². The molecule has 0 atom stereocenters. The highest BCUT2D eigenvalue weighted by atomic mass is 35.5. The molecule has 2 aromatic carbocycles. The maximum absolute atomic E-state index is 12.9. The largest absolute Gasteiger partial charge is 0.300 e. The summed E-state index contributed by atoms with van der Waals surface area (Å²) in [7, 11) is 0. The molecule has 0 saturated heterocycles. The van der Waals surface area contributed by atoms with Crippen molar-refractivity contribution >= 4 is 29.0 Å². The van der Waals surface area contributed by atoms with Crippen LogP contribution in [-0.2, 0) is 11.3 Å². The average Bonchev–Trinajstić information content (AvgIpc) is 2.66. The van der Waals surface area contributed by atoms with Gasteiger partial charge in [-0.1, -0.05) is 23.7 Å². The van der Waals surface area contributed by atoms with Gasteiger partial charge >= 0.3 is 0 Å². The SMILES string of the molecule is O=C1C(=O)N(Cc2ccc(F)cc2)c2cc(Cl)ccc21. The number of nitrogens with zero attached hydrogens (tertiary/aromatic N) is 1. The molecule has 0 aliphatic carbocycles. The van der Waals surface area contributed by atoms with E-state index in [1.165, 1.54) is 17.0 Å². The Labute approximate surface area is 119 Å². The van der Waals surface area contributed by atoms with Crippen LogP contribution in [0.4, 0.5) is 10.1 Å². The minimum Gasteiger partial charge on any atom is -0.300 e. The van der Waals surface area contributed by atoms with Gasteiger partial charge in [0, 0.05) is 5.02 Å². The number of fused-ring (bicyclic) bond motifs is 1. The summed E-state index contributed by atoms with van der Waals surface area (Å²) >= 11 is 5.91. The number of benzene rings is 2. The first-order valence-corrected chi connectivity index (χ1v) is 6.34. The molecule has 1 amide bonds. The standard InChI is InChI=1S/C15H9ClFNO2/c16-10-3-6-12-13(7-10)18(15(20)14(12)19)8-9-1-4-11(17)5-2-9/h1-7H,8H2. The van der Waals surface area contributed by atoms with Crippen molar-refractivity contribution in [3.8, 4) is 0 Å². The summed E-state index contributed by atoms with van der Waals surface area (Å²) in [6.07, 6.45) is 0. The summed E-state index contributed by atoms with van der Waals surface area (Å²) < 4.78 is 12.9. The van der Waals surface area contributed by atoms with Crippen molar-refractivity contribution in [1.82, 2.24) is 0 Å². The molecule has 5 heteroatoms. The third-order valence-electron chi connectivity index (χ3n) is 3.19. The van der Waals surface area contributed by atoms with E-state index >= 15 is 0 Å². The number of carbonyl (C=O) groups is 2. The predicted molar refractivity (Wildman–Crippen MR) is 73.4 cm³/mol. The van der Waals surface area contributed by atoms with Crippen LogP contribution in [0.3, 0.4) is 0 Å². The Kier molecular flexibility index (Phi) is 3.03. The third kappa shape index (κ3) is 2.08. The van der Waals surface area contributed by atoms with Gasteiger partial charge in [-0.3, -0.25) is 9.59 Å². The van der Waals surface area contributed by atoms with E-state index in [1.54, 1.807) is 30.3 Å². The van der Waals surface area contributed by atoms with Crippen LogP contribution < -0.4 is 4.90 Å². The lowest BCUT2D eigenvalue weighted by Crippen LogP contribution is -2.29. The lowest BCUT2D eigenvalue weighted by molar-refractivity contribution is -0.114. The van der Waals surface area contributed by atoms with Crippen LogP contribution in [0.25, 0.3) is 0 Å². The second kappa shape index (κ2) is 4.72. The Hall–Kier alpha value is -2.20. The maximum atomic E-state index is 12.9. The monoisotopic (exact) mass is 289 g/mol. The smallest absolute Gasteiger partial charge is 0.299 e. The van der Waals surface area contributed by atoms with E-state index < -0.39 is 11.7 Å². The van der Waals surface area contributed by atoms with Crippen LogP contribution in [-0.4, -0.2) is 11.7 Å². The highest BCUT2D eigenvalue weighted by Crippen LogP contribution is 2.32. The highest BCUT2D eigenvalue weighted by molar-refractivity contribution is 6.52. The van der Waals surface area contributed by atoms with Crippen LogP contribution in [0.5, 0.6) is 0 Å². The van der Waals surface area contributed by atoms with Gasteiger partial charge in [-0.15, -0.1) is 0 Å². The van der Waals surface area contributed by atoms with Crippen molar-refractivity contribution in [2.45, 2.75) is 6.54 Å². The van der Waals surface area contributed by atoms with Gasteiger partial charge in [0.1, 0.15) is 5.82 Å². The second-order valence-electron chi connectivity index (χ2n) is 4.51. The summed E-state index contributed by atoms with van der Waals surface area (Å²) in [4.78, 5) is 25.2. The molecule has 3 nitrogen and oxygen atoms in total. The molecule has 1 heterocycles. The molecule has 100 valence electrons. The van der Waals surface area contributed by atoms with Crippen molar-refractivity contribution in [2.75, 3.05) is 4.90 Å². The predicted octanol–water partition coefficient (Wildman–Crippen LogP) is 3.21. The van der Waals surface area contributed by atoms with Gasteiger partial charge in [0.15, 0.2) is 0 Å². The number of halogens is 2. The van der Waals surface area contributed by atoms with Gasteiger partial charge in [-0.2, -0.15) is 0 Å². The molecule has 20 heavy (non-hydrogen) atoms. The van der Waals surface area contributed by atoms with E-state index in [2.05, 4.69) is 0 Å². The first kappa shape index (κ1) is 12.8. The zero-order chi connectivity index (χ0) is 14.3. The molecule has 0 fully saturated rings. The van der Waals surface area contributed by atoms with Crippen molar-refractivity contribution in [2.24, 2.45) is 0 Å². The number of hydrogen-bond donors (Lipinski definition) is 0. The van der Waals surface area contributed by atoms with E-state index in [9.17, 15) is 14.0 Å². The molecule has 2 aromatic rings. The van der Waals surface area contributed by atoms with Gasteiger partial charge in [0.05, 0.1) is 17.8 Å². The van der Waals surface area contributed by atoms with E-state index in [-0.39, 0.29) is 12.4 Å². The van der Waals surface area contributed by atoms with E-state index in [1.807, 2.05) is 0 Å². The fourth-order valence-electron chi connectivity index (χ4n) is 2.20. The Morgan fingerprint density at radius 2 is 1.75 bits per heavy atom. The fourth-order valence-corrected chi connectivity index (χ4v) is 2.36. The van der Waals surface area contributed by atoms with Gasteiger partial charge in [0.25, 0.3) is 11.7 Å². The van der Waals surface area contributed by atoms with Gasteiger partial charge in [0.2, 0.25) is 0 Å². The van der Waals surface area contributed by atoms with Gasteiger partial charge in [-0.05, 0) is 35.9 Å². The summed E-state index contributed by atoms with van der Waals surface area (Å²) in [6.45, 7) is 0.207. The molecule has 0 spiro atoms.